The summed E-state index contributed by atoms with van der Waals surface area (Å²) < 4.78 is 21.8. The van der Waals surface area contributed by atoms with Gasteiger partial charge in [0.15, 0.2) is 12.6 Å². The lowest BCUT2D eigenvalue weighted by Crippen LogP contribution is -2.28. The summed E-state index contributed by atoms with van der Waals surface area (Å²) in [5.41, 5.74) is -0.0229. The fourth-order valence-corrected chi connectivity index (χ4v) is 1.78. The van der Waals surface area contributed by atoms with Crippen molar-refractivity contribution in [3.05, 3.63) is 42.5 Å². The Morgan fingerprint density at radius 3 is 2.35 bits per heavy atom. The summed E-state index contributed by atoms with van der Waals surface area (Å²) in [4.78, 5) is 10.8. The maximum Gasteiger partial charge on any atom is 0.333 e. The van der Waals surface area contributed by atoms with Crippen molar-refractivity contribution in [2.45, 2.75) is 39.5 Å². The van der Waals surface area contributed by atoms with E-state index in [9.17, 15) is 4.79 Å². The number of rotatable bonds is 11. The van der Waals surface area contributed by atoms with Crippen molar-refractivity contribution in [2.24, 2.45) is 0 Å². The van der Waals surface area contributed by atoms with Crippen LogP contribution in [-0.4, -0.2) is 43.0 Å². The van der Waals surface area contributed by atoms with Gasteiger partial charge in [-0.2, -0.15) is 0 Å². The van der Waals surface area contributed by atoms with E-state index in [1.54, 1.807) is 20.8 Å². The van der Waals surface area contributed by atoms with Gasteiger partial charge in [0.1, 0.15) is 12.4 Å². The Morgan fingerprint density at radius 2 is 1.74 bits per heavy atom. The number of carboxylic acids is 1. The van der Waals surface area contributed by atoms with Crippen LogP contribution in [0.2, 0.25) is 0 Å². The fourth-order valence-electron chi connectivity index (χ4n) is 1.78. The second-order valence-corrected chi connectivity index (χ2v) is 4.91. The summed E-state index contributed by atoms with van der Waals surface area (Å²) in [6.07, 6.45) is -1.77. The highest BCUT2D eigenvalue weighted by atomic mass is 16.8. The molecule has 0 saturated carbocycles. The van der Waals surface area contributed by atoms with Gasteiger partial charge in [-0.05, 0) is 32.9 Å². The first-order chi connectivity index (χ1) is 10.9. The van der Waals surface area contributed by atoms with Crippen molar-refractivity contribution in [2.75, 3.05) is 13.2 Å². The van der Waals surface area contributed by atoms with Gasteiger partial charge in [0.2, 0.25) is 0 Å². The number of ether oxygens (including phenoxy) is 4. The average Bonchev–Trinajstić information content (AvgIpc) is 2.51. The normalized spacial score (nSPS) is 14.7. The minimum atomic E-state index is -1.09. The summed E-state index contributed by atoms with van der Waals surface area (Å²) in [6, 6.07) is 9.44. The van der Waals surface area contributed by atoms with E-state index in [4.69, 9.17) is 24.1 Å². The molecular weight excluding hydrogens is 300 g/mol. The third kappa shape index (κ3) is 7.78. The molecule has 6 nitrogen and oxygen atoms in total. The number of benzene rings is 1. The zero-order valence-corrected chi connectivity index (χ0v) is 13.7. The third-order valence-corrected chi connectivity index (χ3v) is 2.99. The molecule has 0 saturated heterocycles. The predicted octanol–water partition coefficient (Wildman–Crippen LogP) is 2.84. The van der Waals surface area contributed by atoms with E-state index in [1.165, 1.54) is 0 Å². The number of aliphatic carboxylic acids is 1. The van der Waals surface area contributed by atoms with E-state index in [0.29, 0.717) is 13.2 Å². The highest BCUT2D eigenvalue weighted by Crippen LogP contribution is 2.11. The smallest absolute Gasteiger partial charge is 0.333 e. The molecule has 0 aliphatic rings. The number of carbonyl (C=O) groups is 1. The molecule has 1 aromatic carbocycles. The lowest BCUT2D eigenvalue weighted by Gasteiger charge is -2.23. The largest absolute Gasteiger partial charge is 0.491 e. The van der Waals surface area contributed by atoms with Crippen molar-refractivity contribution < 1.29 is 28.8 Å². The molecule has 0 heterocycles. The Bertz CT molecular complexity index is 487. The highest BCUT2D eigenvalue weighted by molar-refractivity contribution is 5.86. The molecule has 23 heavy (non-hydrogen) atoms. The van der Waals surface area contributed by atoms with Crippen LogP contribution in [0.3, 0.4) is 0 Å². The lowest BCUT2D eigenvalue weighted by molar-refractivity contribution is -0.240. The monoisotopic (exact) mass is 324 g/mol. The van der Waals surface area contributed by atoms with Crippen LogP contribution in [0.1, 0.15) is 20.8 Å². The van der Waals surface area contributed by atoms with Crippen LogP contribution >= 0.6 is 0 Å². The number of hydrogen-bond donors (Lipinski definition) is 1. The van der Waals surface area contributed by atoms with Crippen molar-refractivity contribution in [3.63, 3.8) is 0 Å². The standard InChI is InChI=1S/C17H24O6/c1-12(17(18)19)13(2)22-15(4)23-14(3)20-10-11-21-16-8-6-5-7-9-16/h5-9,13-15H,1,10-11H2,2-4H3,(H,18,19). The SMILES string of the molecule is C=C(C(=O)O)C(C)OC(C)OC(C)OCCOc1ccccc1. The summed E-state index contributed by atoms with van der Waals surface area (Å²) in [7, 11) is 0. The van der Waals surface area contributed by atoms with Crippen LogP contribution < -0.4 is 4.74 Å². The molecule has 6 heteroatoms. The van der Waals surface area contributed by atoms with Crippen LogP contribution in [0.15, 0.2) is 42.5 Å². The molecule has 0 spiro atoms. The van der Waals surface area contributed by atoms with E-state index in [2.05, 4.69) is 6.58 Å². The van der Waals surface area contributed by atoms with Gasteiger partial charge in [0.25, 0.3) is 0 Å². The molecule has 0 aromatic heterocycles. The summed E-state index contributed by atoms with van der Waals surface area (Å²) in [5.74, 6) is -0.311. The number of hydrogen-bond acceptors (Lipinski definition) is 5. The maximum absolute atomic E-state index is 10.8. The second-order valence-electron chi connectivity index (χ2n) is 4.91. The molecular formula is C17H24O6. The van der Waals surface area contributed by atoms with Crippen LogP contribution in [0.4, 0.5) is 0 Å². The molecule has 0 aliphatic carbocycles. The van der Waals surface area contributed by atoms with Crippen LogP contribution in [0.5, 0.6) is 5.75 Å². The molecule has 1 aromatic rings. The van der Waals surface area contributed by atoms with Gasteiger partial charge in [0, 0.05) is 0 Å². The molecule has 128 valence electrons. The van der Waals surface area contributed by atoms with E-state index >= 15 is 0 Å². The van der Waals surface area contributed by atoms with E-state index in [-0.39, 0.29) is 5.57 Å². The van der Waals surface area contributed by atoms with E-state index < -0.39 is 24.7 Å². The Hall–Kier alpha value is -1.89. The lowest BCUT2D eigenvalue weighted by atomic mass is 10.2. The zero-order valence-electron chi connectivity index (χ0n) is 13.7. The minimum absolute atomic E-state index is 0.0229. The predicted molar refractivity (Wildman–Crippen MR) is 85.2 cm³/mol. The number of para-hydroxylation sites is 1. The molecule has 0 amide bonds. The third-order valence-electron chi connectivity index (χ3n) is 2.99. The van der Waals surface area contributed by atoms with Gasteiger partial charge < -0.3 is 24.1 Å². The first-order valence-electron chi connectivity index (χ1n) is 7.42. The van der Waals surface area contributed by atoms with Gasteiger partial charge in [-0.15, -0.1) is 0 Å². The van der Waals surface area contributed by atoms with Crippen LogP contribution in [0.25, 0.3) is 0 Å². The summed E-state index contributed by atoms with van der Waals surface area (Å²) in [5, 5.41) is 8.83. The van der Waals surface area contributed by atoms with Crippen LogP contribution in [0, 0.1) is 0 Å². The quantitative estimate of drug-likeness (QED) is 0.383. The Kier molecular flexibility index (Phi) is 8.32. The van der Waals surface area contributed by atoms with Crippen molar-refractivity contribution in [1.29, 1.82) is 0 Å². The summed E-state index contributed by atoms with van der Waals surface area (Å²) >= 11 is 0. The molecule has 0 radical (unpaired) electrons. The highest BCUT2D eigenvalue weighted by Gasteiger charge is 2.18. The van der Waals surface area contributed by atoms with Gasteiger partial charge in [-0.1, -0.05) is 24.8 Å². The molecule has 3 unspecified atom stereocenters. The first-order valence-corrected chi connectivity index (χ1v) is 7.42. The van der Waals surface area contributed by atoms with Gasteiger partial charge >= 0.3 is 5.97 Å². The van der Waals surface area contributed by atoms with Crippen molar-refractivity contribution in [3.8, 4) is 5.75 Å². The van der Waals surface area contributed by atoms with Gasteiger partial charge in [-0.3, -0.25) is 0 Å². The van der Waals surface area contributed by atoms with Gasteiger partial charge in [0.05, 0.1) is 18.3 Å². The average molecular weight is 324 g/mol. The fraction of sp³-hybridized carbons (Fsp3) is 0.471. The zero-order chi connectivity index (χ0) is 17.2. The van der Waals surface area contributed by atoms with Crippen molar-refractivity contribution in [1.82, 2.24) is 0 Å². The second kappa shape index (κ2) is 9.99. The Balaban J connectivity index is 2.18. The molecule has 0 bridgehead atoms. The first kappa shape index (κ1) is 19.2. The minimum Gasteiger partial charge on any atom is -0.491 e. The Morgan fingerprint density at radius 1 is 1.09 bits per heavy atom. The van der Waals surface area contributed by atoms with E-state index in [1.807, 2.05) is 30.3 Å². The Labute approximate surface area is 136 Å². The van der Waals surface area contributed by atoms with Crippen molar-refractivity contribution >= 4 is 5.97 Å². The number of carboxylic acid groups (broad SMARTS) is 1. The maximum atomic E-state index is 10.8. The van der Waals surface area contributed by atoms with E-state index in [0.717, 1.165) is 5.75 Å². The topological polar surface area (TPSA) is 74.2 Å². The van der Waals surface area contributed by atoms with Gasteiger partial charge in [-0.25, -0.2) is 4.79 Å². The molecule has 0 aliphatic heterocycles. The molecule has 3 atom stereocenters. The molecule has 0 fully saturated rings. The summed E-state index contributed by atoms with van der Waals surface area (Å²) in [6.45, 7) is 9.23. The molecule has 1 N–H and O–H groups in total. The molecule has 1 rings (SSSR count). The van der Waals surface area contributed by atoms with Crippen LogP contribution in [-0.2, 0) is 19.0 Å².